The fourth-order valence-corrected chi connectivity index (χ4v) is 6.39. The van der Waals surface area contributed by atoms with Gasteiger partial charge in [-0.1, -0.05) is 27.7 Å². The number of rotatable bonds is 8. The van der Waals surface area contributed by atoms with Crippen LogP contribution in [-0.2, 0) is 43.0 Å². The highest BCUT2D eigenvalue weighted by Crippen LogP contribution is 2.36. The van der Waals surface area contributed by atoms with E-state index in [4.69, 9.17) is 9.47 Å². The molecule has 0 saturated carbocycles. The number of aliphatic imine (C=N–C) groups is 1. The second-order valence-corrected chi connectivity index (χ2v) is 16.2. The van der Waals surface area contributed by atoms with E-state index in [0.717, 1.165) is 0 Å². The molecule has 6 N–H and O–H groups in total. The Bertz CT molecular complexity index is 1460. The number of hydrogen-bond acceptors (Lipinski definition) is 11. The molecule has 0 aromatic heterocycles. The number of ether oxygens (including phenoxy) is 2. The molecule has 1 aliphatic carbocycles. The van der Waals surface area contributed by atoms with Crippen molar-refractivity contribution in [3.8, 4) is 0 Å². The van der Waals surface area contributed by atoms with Gasteiger partial charge in [0.2, 0.25) is 29.5 Å². The molecule has 0 aromatic carbocycles. The number of nitrogens with zero attached hydrogens (tertiary/aromatic N) is 1. The van der Waals surface area contributed by atoms with Gasteiger partial charge in [0.1, 0.15) is 29.9 Å². The van der Waals surface area contributed by atoms with Gasteiger partial charge >= 0.3 is 5.97 Å². The van der Waals surface area contributed by atoms with E-state index in [9.17, 15) is 38.7 Å². The largest absolute Gasteiger partial charge is 0.511 e. The number of nitrogens with one attached hydrogen (secondary N) is 5. The Morgan fingerprint density at radius 2 is 1.54 bits per heavy atom. The zero-order valence-electron chi connectivity index (χ0n) is 33.6. The third kappa shape index (κ3) is 14.8. The van der Waals surface area contributed by atoms with E-state index in [1.165, 1.54) is 7.11 Å². The van der Waals surface area contributed by atoms with Gasteiger partial charge in [-0.15, -0.1) is 0 Å². The summed E-state index contributed by atoms with van der Waals surface area (Å²) in [5.74, 6) is -4.45. The molecule has 0 radical (unpaired) electrons. The van der Waals surface area contributed by atoms with E-state index < -0.39 is 70.9 Å². The van der Waals surface area contributed by atoms with Gasteiger partial charge in [0.25, 0.3) is 0 Å². The van der Waals surface area contributed by atoms with Crippen LogP contribution in [0.25, 0.3) is 0 Å². The van der Waals surface area contributed by atoms with Gasteiger partial charge in [-0.25, -0.2) is 4.79 Å². The number of amides is 5. The van der Waals surface area contributed by atoms with Crippen LogP contribution in [-0.4, -0.2) is 108 Å². The normalized spacial score (nSPS) is 24.5. The predicted octanol–water partition coefficient (Wildman–Crippen LogP) is 2.09. The molecule has 0 aromatic rings. The first kappa shape index (κ1) is 45.8. The molecule has 1 saturated heterocycles. The Balaban J connectivity index is 2.59. The van der Waals surface area contributed by atoms with Crippen LogP contribution in [0.4, 0.5) is 0 Å². The minimum absolute atomic E-state index is 0.00684. The number of allylic oxidation sites excluding steroid dienone is 2. The molecule has 5 atom stereocenters. The molecular weight excluding hydrogens is 700 g/mol. The molecule has 54 heavy (non-hydrogen) atoms. The number of aliphatic hydroxyl groups is 1. The lowest BCUT2D eigenvalue weighted by atomic mass is 9.75. The molecule has 4 unspecified atom stereocenters. The number of aliphatic hydroxyl groups excluding tert-OH is 1. The maximum absolute atomic E-state index is 14.1. The van der Waals surface area contributed by atoms with Crippen LogP contribution >= 0.6 is 0 Å². The van der Waals surface area contributed by atoms with Gasteiger partial charge in [-0.3, -0.25) is 33.8 Å². The second-order valence-electron chi connectivity index (χ2n) is 16.2. The van der Waals surface area contributed by atoms with Crippen molar-refractivity contribution in [2.75, 3.05) is 20.2 Å². The third-order valence-electron chi connectivity index (χ3n) is 9.07. The molecule has 1 aliphatic heterocycles. The molecule has 16 heteroatoms. The molecule has 2 aliphatic rings. The summed E-state index contributed by atoms with van der Waals surface area (Å²) in [6.45, 7) is 16.0. The maximum atomic E-state index is 14.1. The van der Waals surface area contributed by atoms with Crippen LogP contribution in [0.2, 0.25) is 0 Å². The number of methoxy groups -OCH3 is 1. The number of carbonyl (C=O) groups excluding carboxylic acids is 7. The summed E-state index contributed by atoms with van der Waals surface area (Å²) in [6, 6.07) is -4.88. The summed E-state index contributed by atoms with van der Waals surface area (Å²) in [4.78, 5) is 97.4. The van der Waals surface area contributed by atoms with Crippen molar-refractivity contribution < 1.29 is 48.1 Å². The Hall–Kier alpha value is -4.34. The van der Waals surface area contributed by atoms with E-state index >= 15 is 0 Å². The zero-order chi connectivity index (χ0) is 41.0. The lowest BCUT2D eigenvalue weighted by Gasteiger charge is -2.32. The first-order valence-corrected chi connectivity index (χ1v) is 18.8. The molecule has 0 spiro atoms. The highest BCUT2D eigenvalue weighted by molar-refractivity contribution is 6.22. The standard InChI is InChI=1S/C38H62N6O10/c1-21(2)31(36(52)53-10)43-34(50)25-14-15-28(47)40-18-16-29(48)39-17-12-11-13-24(41-22(3)30-26(45)19-38(8,9)20-27(30)46)33(49)44-32(35(51)42-25)23(4)54-37(5,6)7/h21,23-25,31-32,45H,11-20H2,1-10H3,(H,39,48)(H,40,47)(H,42,51)(H,43,50)(H,44,49)/t23-,24?,25?,31?,32?/m1/s1. The highest BCUT2D eigenvalue weighted by Gasteiger charge is 2.38. The van der Waals surface area contributed by atoms with E-state index in [2.05, 4.69) is 31.6 Å². The number of ketones is 1. The van der Waals surface area contributed by atoms with Crippen molar-refractivity contribution in [2.45, 2.75) is 150 Å². The van der Waals surface area contributed by atoms with Crippen LogP contribution in [0.5, 0.6) is 0 Å². The molecular formula is C38H62N6O10. The SMILES string of the molecule is COC(=O)C(NC(=O)C1CCC(=O)NCCC(=O)NCCCCC(N=C(C)C2=C(O)CC(C)(C)CC2=O)C(=O)NC([C@@H](C)OC(C)(C)C)C(=O)N1)C(C)C. The van der Waals surface area contributed by atoms with Crippen LogP contribution < -0.4 is 26.6 Å². The summed E-state index contributed by atoms with van der Waals surface area (Å²) < 4.78 is 11.0. The number of hydrogen-bond donors (Lipinski definition) is 6. The summed E-state index contributed by atoms with van der Waals surface area (Å²) in [5, 5.41) is 24.3. The average molecular weight is 763 g/mol. The number of Topliss-reactive ketones (excluding diaryl/α,β-unsaturated/α-hetero) is 1. The average Bonchev–Trinajstić information content (AvgIpc) is 3.04. The zero-order valence-corrected chi connectivity index (χ0v) is 33.6. The lowest BCUT2D eigenvalue weighted by molar-refractivity contribution is -0.147. The Kier molecular flexibility index (Phi) is 17.3. The first-order valence-electron chi connectivity index (χ1n) is 18.8. The Morgan fingerprint density at radius 3 is 2.13 bits per heavy atom. The highest BCUT2D eigenvalue weighted by atomic mass is 16.5. The van der Waals surface area contributed by atoms with E-state index in [0.29, 0.717) is 19.4 Å². The fourth-order valence-electron chi connectivity index (χ4n) is 6.39. The molecule has 5 amide bonds. The second kappa shape index (κ2) is 20.4. The molecule has 2 rings (SSSR count). The topological polar surface area (TPSA) is 231 Å². The van der Waals surface area contributed by atoms with Gasteiger partial charge in [0.05, 0.1) is 24.4 Å². The van der Waals surface area contributed by atoms with Gasteiger partial charge in [0.15, 0.2) is 5.78 Å². The van der Waals surface area contributed by atoms with Crippen LogP contribution in [0.1, 0.15) is 114 Å². The van der Waals surface area contributed by atoms with Crippen LogP contribution in [0.15, 0.2) is 16.3 Å². The smallest absolute Gasteiger partial charge is 0.328 e. The van der Waals surface area contributed by atoms with Crippen molar-refractivity contribution in [2.24, 2.45) is 16.3 Å². The molecule has 0 bridgehead atoms. The van der Waals surface area contributed by atoms with Crippen molar-refractivity contribution in [3.05, 3.63) is 11.3 Å². The minimum Gasteiger partial charge on any atom is -0.511 e. The Morgan fingerprint density at radius 1 is 0.907 bits per heavy atom. The summed E-state index contributed by atoms with van der Waals surface area (Å²) in [5.41, 5.74) is -0.957. The van der Waals surface area contributed by atoms with Crippen molar-refractivity contribution >= 4 is 47.0 Å². The predicted molar refractivity (Wildman–Crippen MR) is 201 cm³/mol. The minimum atomic E-state index is -1.37. The molecule has 16 nitrogen and oxygen atoms in total. The summed E-state index contributed by atoms with van der Waals surface area (Å²) in [7, 11) is 1.19. The van der Waals surface area contributed by atoms with Crippen LogP contribution in [0.3, 0.4) is 0 Å². The number of carbonyl (C=O) groups is 7. The summed E-state index contributed by atoms with van der Waals surface area (Å²) >= 11 is 0. The molecule has 304 valence electrons. The van der Waals surface area contributed by atoms with Crippen LogP contribution in [0, 0.1) is 11.3 Å². The van der Waals surface area contributed by atoms with Crippen molar-refractivity contribution in [1.29, 1.82) is 0 Å². The van der Waals surface area contributed by atoms with Gasteiger partial charge in [-0.05, 0) is 71.6 Å². The molecule has 1 heterocycles. The molecule has 1 fully saturated rings. The van der Waals surface area contributed by atoms with Gasteiger partial charge < -0.3 is 41.2 Å². The van der Waals surface area contributed by atoms with Gasteiger partial charge in [-0.2, -0.15) is 0 Å². The third-order valence-corrected chi connectivity index (χ3v) is 9.07. The summed E-state index contributed by atoms with van der Waals surface area (Å²) in [6.07, 6.45) is 0.169. The van der Waals surface area contributed by atoms with E-state index in [1.54, 1.807) is 48.5 Å². The van der Waals surface area contributed by atoms with Crippen molar-refractivity contribution in [1.82, 2.24) is 26.6 Å². The monoisotopic (exact) mass is 762 g/mol. The maximum Gasteiger partial charge on any atom is 0.328 e. The first-order chi connectivity index (χ1) is 25.0. The van der Waals surface area contributed by atoms with E-state index in [-0.39, 0.29) is 79.7 Å². The quantitative estimate of drug-likeness (QED) is 0.156. The Labute approximate surface area is 318 Å². The number of esters is 1. The van der Waals surface area contributed by atoms with Crippen molar-refractivity contribution in [3.63, 3.8) is 0 Å². The van der Waals surface area contributed by atoms with Gasteiger partial charge in [0, 0.05) is 44.5 Å². The fraction of sp³-hybridized carbons (Fsp3) is 0.737. The lowest BCUT2D eigenvalue weighted by Crippen LogP contribution is -2.60. The van der Waals surface area contributed by atoms with E-state index in [1.807, 2.05) is 13.8 Å².